The Morgan fingerprint density at radius 2 is 2.29 bits per heavy atom. The van der Waals surface area contributed by atoms with Crippen LogP contribution in [0.15, 0.2) is 22.7 Å². The van der Waals surface area contributed by atoms with Crippen molar-refractivity contribution in [2.45, 2.75) is 12.5 Å². The minimum Gasteiger partial charge on any atom is -0.481 e. The number of nitro groups is 1. The Morgan fingerprint density at radius 3 is 2.90 bits per heavy atom. The van der Waals surface area contributed by atoms with Crippen molar-refractivity contribution in [1.29, 1.82) is 0 Å². The van der Waals surface area contributed by atoms with E-state index in [2.05, 4.69) is 21.2 Å². The van der Waals surface area contributed by atoms with Gasteiger partial charge < -0.3 is 15.3 Å². The Hall–Kier alpha value is -2.16. The maximum absolute atomic E-state index is 11.9. The number of piperazine rings is 1. The molecule has 0 radical (unpaired) electrons. The van der Waals surface area contributed by atoms with E-state index in [0.29, 0.717) is 17.6 Å². The first kappa shape index (κ1) is 15.2. The number of hydrogen-bond acceptors (Lipinski definition) is 5. The van der Waals surface area contributed by atoms with E-state index in [4.69, 9.17) is 5.11 Å². The van der Waals surface area contributed by atoms with Crippen LogP contribution in [-0.2, 0) is 9.59 Å². The summed E-state index contributed by atoms with van der Waals surface area (Å²) in [4.78, 5) is 34.9. The topological polar surface area (TPSA) is 113 Å². The molecule has 1 atom stereocenters. The van der Waals surface area contributed by atoms with Crippen molar-refractivity contribution in [1.82, 2.24) is 5.32 Å². The maximum Gasteiger partial charge on any atom is 0.305 e. The molecule has 1 aliphatic rings. The summed E-state index contributed by atoms with van der Waals surface area (Å²) < 4.78 is 0.536. The third kappa shape index (κ3) is 3.30. The van der Waals surface area contributed by atoms with Crippen LogP contribution in [0.3, 0.4) is 0 Å². The number of nitro benzene ring substituents is 1. The minimum atomic E-state index is -1.14. The summed E-state index contributed by atoms with van der Waals surface area (Å²) in [6, 6.07) is 3.50. The highest BCUT2D eigenvalue weighted by atomic mass is 79.9. The largest absolute Gasteiger partial charge is 0.481 e. The van der Waals surface area contributed by atoms with Crippen LogP contribution in [0.1, 0.15) is 6.42 Å². The van der Waals surface area contributed by atoms with Gasteiger partial charge in [0.25, 0.3) is 5.69 Å². The first-order valence-corrected chi connectivity index (χ1v) is 6.89. The number of carboxylic acid groups (broad SMARTS) is 1. The van der Waals surface area contributed by atoms with Crippen LogP contribution in [0, 0.1) is 10.1 Å². The standard InChI is InChI=1S/C12H12BrN3O5/c13-7-1-2-8(9(5-7)16(20)21)15-4-3-14-12(19)10(15)6-11(17)18/h1-2,5,10H,3-4,6H2,(H,14,19)(H,17,18). The molecule has 1 amide bonds. The van der Waals surface area contributed by atoms with Crippen molar-refractivity contribution in [2.24, 2.45) is 0 Å². The molecule has 2 rings (SSSR count). The molecule has 112 valence electrons. The van der Waals surface area contributed by atoms with Crippen LogP contribution >= 0.6 is 15.9 Å². The van der Waals surface area contributed by atoms with Crippen LogP contribution in [0.2, 0.25) is 0 Å². The van der Waals surface area contributed by atoms with E-state index < -0.39 is 29.3 Å². The van der Waals surface area contributed by atoms with Gasteiger partial charge >= 0.3 is 5.97 Å². The second kappa shape index (κ2) is 6.08. The summed E-state index contributed by atoms with van der Waals surface area (Å²) >= 11 is 3.16. The molecule has 0 spiro atoms. The molecule has 0 aromatic heterocycles. The van der Waals surface area contributed by atoms with Gasteiger partial charge in [-0.05, 0) is 12.1 Å². The Kier molecular flexibility index (Phi) is 4.41. The predicted octanol–water partition coefficient (Wildman–Crippen LogP) is 1.14. The fourth-order valence-corrected chi connectivity index (χ4v) is 2.61. The molecule has 1 heterocycles. The molecular formula is C12H12BrN3O5. The van der Waals surface area contributed by atoms with Gasteiger partial charge in [0.2, 0.25) is 5.91 Å². The Labute approximate surface area is 128 Å². The Balaban J connectivity index is 2.44. The summed E-state index contributed by atoms with van der Waals surface area (Å²) in [5, 5.41) is 22.7. The zero-order chi connectivity index (χ0) is 15.6. The van der Waals surface area contributed by atoms with E-state index >= 15 is 0 Å². The number of carbonyl (C=O) groups is 2. The highest BCUT2D eigenvalue weighted by Gasteiger charge is 2.34. The number of halogens is 1. The lowest BCUT2D eigenvalue weighted by molar-refractivity contribution is -0.384. The first-order chi connectivity index (χ1) is 9.90. The highest BCUT2D eigenvalue weighted by molar-refractivity contribution is 9.10. The van der Waals surface area contributed by atoms with E-state index in [9.17, 15) is 19.7 Å². The molecule has 1 aromatic carbocycles. The minimum absolute atomic E-state index is 0.172. The number of nitrogens with one attached hydrogen (secondary N) is 1. The van der Waals surface area contributed by atoms with Gasteiger partial charge in [-0.25, -0.2) is 0 Å². The molecule has 21 heavy (non-hydrogen) atoms. The molecule has 1 aromatic rings. The molecule has 8 nitrogen and oxygen atoms in total. The highest BCUT2D eigenvalue weighted by Crippen LogP contribution is 2.33. The normalized spacial score (nSPS) is 18.2. The first-order valence-electron chi connectivity index (χ1n) is 6.10. The lowest BCUT2D eigenvalue weighted by atomic mass is 10.1. The molecule has 1 saturated heterocycles. The van der Waals surface area contributed by atoms with Gasteiger partial charge in [-0.3, -0.25) is 19.7 Å². The molecule has 0 aliphatic carbocycles. The molecule has 9 heteroatoms. The van der Waals surface area contributed by atoms with Gasteiger partial charge in [0.15, 0.2) is 0 Å². The molecule has 2 N–H and O–H groups in total. The average molecular weight is 358 g/mol. The van der Waals surface area contributed by atoms with E-state index in [1.807, 2.05) is 0 Å². The zero-order valence-corrected chi connectivity index (χ0v) is 12.4. The second-order valence-electron chi connectivity index (χ2n) is 4.49. The number of aliphatic carboxylic acids is 1. The van der Waals surface area contributed by atoms with Gasteiger partial charge in [-0.15, -0.1) is 0 Å². The molecule has 1 unspecified atom stereocenters. The van der Waals surface area contributed by atoms with Crippen molar-refractivity contribution in [3.05, 3.63) is 32.8 Å². The number of nitrogens with zero attached hydrogens (tertiary/aromatic N) is 2. The van der Waals surface area contributed by atoms with E-state index in [-0.39, 0.29) is 11.4 Å². The number of benzene rings is 1. The number of carbonyl (C=O) groups excluding carboxylic acids is 1. The number of amides is 1. The third-order valence-electron chi connectivity index (χ3n) is 3.14. The van der Waals surface area contributed by atoms with Crippen molar-refractivity contribution in [3.8, 4) is 0 Å². The van der Waals surface area contributed by atoms with Gasteiger partial charge in [-0.1, -0.05) is 15.9 Å². The quantitative estimate of drug-likeness (QED) is 0.617. The van der Waals surface area contributed by atoms with E-state index in [0.717, 1.165) is 0 Å². The predicted molar refractivity (Wildman–Crippen MR) is 77.2 cm³/mol. The van der Waals surface area contributed by atoms with Crippen molar-refractivity contribution >= 4 is 39.2 Å². The van der Waals surface area contributed by atoms with E-state index in [1.54, 1.807) is 6.07 Å². The molecule has 1 aliphatic heterocycles. The van der Waals surface area contributed by atoms with E-state index in [1.165, 1.54) is 17.0 Å². The zero-order valence-electron chi connectivity index (χ0n) is 10.8. The van der Waals surface area contributed by atoms with Crippen molar-refractivity contribution in [3.63, 3.8) is 0 Å². The fraction of sp³-hybridized carbons (Fsp3) is 0.333. The number of carboxylic acids is 1. The summed E-state index contributed by atoms with van der Waals surface area (Å²) in [5.41, 5.74) is 0.0683. The smallest absolute Gasteiger partial charge is 0.305 e. The Morgan fingerprint density at radius 1 is 1.57 bits per heavy atom. The Bertz CT molecular complexity index is 607. The summed E-state index contributed by atoms with van der Waals surface area (Å²) in [6.45, 7) is 0.619. The second-order valence-corrected chi connectivity index (χ2v) is 5.40. The van der Waals surface area contributed by atoms with Gasteiger partial charge in [0.1, 0.15) is 11.7 Å². The fourth-order valence-electron chi connectivity index (χ4n) is 2.26. The van der Waals surface area contributed by atoms with Crippen molar-refractivity contribution in [2.75, 3.05) is 18.0 Å². The van der Waals surface area contributed by atoms with Gasteiger partial charge in [-0.2, -0.15) is 0 Å². The van der Waals surface area contributed by atoms with Crippen LogP contribution in [0.25, 0.3) is 0 Å². The molecule has 1 fully saturated rings. The average Bonchev–Trinajstić information content (AvgIpc) is 2.41. The van der Waals surface area contributed by atoms with Crippen LogP contribution in [-0.4, -0.2) is 41.0 Å². The monoisotopic (exact) mass is 357 g/mol. The lowest BCUT2D eigenvalue weighted by Gasteiger charge is -2.35. The SMILES string of the molecule is O=C(O)CC1C(=O)NCCN1c1ccc(Br)cc1[N+](=O)[O-]. The van der Waals surface area contributed by atoms with Crippen LogP contribution < -0.4 is 10.2 Å². The summed E-state index contributed by atoms with van der Waals surface area (Å²) in [7, 11) is 0. The number of anilines is 1. The van der Waals surface area contributed by atoms with Gasteiger partial charge in [0, 0.05) is 23.6 Å². The van der Waals surface area contributed by atoms with Crippen LogP contribution in [0.4, 0.5) is 11.4 Å². The lowest BCUT2D eigenvalue weighted by Crippen LogP contribution is -2.56. The molecule has 0 bridgehead atoms. The maximum atomic E-state index is 11.9. The molecule has 0 saturated carbocycles. The summed E-state index contributed by atoms with van der Waals surface area (Å²) in [5.74, 6) is -1.58. The van der Waals surface area contributed by atoms with Crippen molar-refractivity contribution < 1.29 is 19.6 Å². The van der Waals surface area contributed by atoms with Gasteiger partial charge in [0.05, 0.1) is 11.3 Å². The van der Waals surface area contributed by atoms with Crippen LogP contribution in [0.5, 0.6) is 0 Å². The molecular weight excluding hydrogens is 346 g/mol. The third-order valence-corrected chi connectivity index (χ3v) is 3.64. The summed E-state index contributed by atoms with van der Waals surface area (Å²) in [6.07, 6.45) is -0.418. The number of hydrogen-bond donors (Lipinski definition) is 2. The number of rotatable bonds is 4.